The van der Waals surface area contributed by atoms with Crippen LogP contribution in [0.25, 0.3) is 0 Å². The molecule has 0 aliphatic rings. The summed E-state index contributed by atoms with van der Waals surface area (Å²) in [6.45, 7) is 9.74. The minimum atomic E-state index is -4.43. The number of carboxylic acids is 6. The predicted molar refractivity (Wildman–Crippen MR) is 413 cm³/mol. The molecule has 0 aliphatic carbocycles. The van der Waals surface area contributed by atoms with E-state index in [0.717, 1.165) is 36.8 Å². The molecule has 8 aromatic carbocycles. The molecule has 4 amide bonds. The molecular formula is C82H92N6O26S2Tb2. The van der Waals surface area contributed by atoms with Crippen molar-refractivity contribution in [3.8, 4) is 34.5 Å². The van der Waals surface area contributed by atoms with Crippen molar-refractivity contribution in [3.05, 3.63) is 236 Å². The summed E-state index contributed by atoms with van der Waals surface area (Å²) in [4.78, 5) is 115. The number of hydrogen-bond acceptors (Lipinski definition) is 26. The summed E-state index contributed by atoms with van der Waals surface area (Å²) < 4.78 is 96.4. The van der Waals surface area contributed by atoms with Crippen LogP contribution in [0.5, 0.6) is 34.5 Å². The molecule has 8 aromatic rings. The van der Waals surface area contributed by atoms with Crippen molar-refractivity contribution in [2.45, 2.75) is 76.3 Å². The van der Waals surface area contributed by atoms with Gasteiger partial charge in [0.1, 0.15) is 85.2 Å². The summed E-state index contributed by atoms with van der Waals surface area (Å²) in [5.41, 5.74) is -0.639. The molecule has 2 N–H and O–H groups in total. The van der Waals surface area contributed by atoms with E-state index in [2.05, 4.69) is 9.44 Å². The topological polar surface area (TPSA) is 470 Å². The summed E-state index contributed by atoms with van der Waals surface area (Å²) in [6, 6.07) is 37.0. The van der Waals surface area contributed by atoms with Crippen molar-refractivity contribution in [3.63, 3.8) is 0 Å². The number of carbonyl (C=O) groups excluding carboxylic acids is 10. The van der Waals surface area contributed by atoms with Crippen LogP contribution < -0.4 is 68.5 Å². The number of carboxylic acid groups (broad SMARTS) is 6. The van der Waals surface area contributed by atoms with Crippen LogP contribution in [-0.4, -0.2) is 205 Å². The molecule has 0 saturated heterocycles. The third kappa shape index (κ3) is 35.9. The first-order valence-corrected chi connectivity index (χ1v) is 37.6. The van der Waals surface area contributed by atoms with Gasteiger partial charge in [-0.3, -0.25) is 19.2 Å². The average molecular weight is 1960 g/mol. The number of hydrogen-bond donors (Lipinski definition) is 2. The standard InChI is InChI=1S/2C35H35NO11S.4C3H7NO.2Tb/c2*1-21-5-10-25(11-6-21)48(43,44)36-35(18-45-29-15-22(2)7-12-26(29)32(37)38,19-46-30-16-23(3)8-13-27(30)33(39)40)20-47-31-17-24(4)9-14-28(31)34(41)42;4*1-4(2)3-5;;/h2*5-17,36H,18-20H2,1-4H3,(H,37,38)(H,39,40)(H,41,42);4*3H,1-2H3;;/q;;;;;;2*+3/p-6. The van der Waals surface area contributed by atoms with E-state index in [4.69, 9.17) is 28.4 Å². The van der Waals surface area contributed by atoms with E-state index in [0.29, 0.717) is 33.4 Å². The number of carbonyl (C=O) groups is 10. The Morgan fingerprint density at radius 3 is 0.551 bits per heavy atom. The minimum absolute atomic E-state index is 0. The number of benzene rings is 8. The van der Waals surface area contributed by atoms with Crippen LogP contribution in [0, 0.1) is 133 Å². The first-order valence-electron chi connectivity index (χ1n) is 34.6. The largest absolute Gasteiger partial charge is 3.00 e. The maximum atomic E-state index is 13.9. The van der Waals surface area contributed by atoms with Crippen molar-refractivity contribution < 1.29 is 201 Å². The number of sulfonamides is 2. The summed E-state index contributed by atoms with van der Waals surface area (Å²) in [7, 11) is 4.64. The zero-order valence-corrected chi connectivity index (χ0v) is 73.4. The Morgan fingerprint density at radius 1 is 0.288 bits per heavy atom. The molecule has 636 valence electrons. The SMILES string of the molecule is CN(C)C=O.CN(C)C=O.CN(C)C=O.CN(C)C=O.Cc1ccc(S(=O)(=O)NC(COc2cc(C)ccc2C(=O)[O-])(COc2cc(C)ccc2C(=O)[O-])COc2cc(C)ccc2C(=O)[O-])cc1.Cc1ccc(S(=O)(=O)NC(COc2cc(C)ccc2C(=O)[O-])(COc2cc(C)ccc2C(=O)[O-])COc2cc(C)ccc2C(=O)[O-])cc1.[Tb+3].[Tb+3]. The third-order valence-electron chi connectivity index (χ3n) is 15.4. The molecule has 36 heteroatoms. The fourth-order valence-corrected chi connectivity index (χ4v) is 12.1. The van der Waals surface area contributed by atoms with Crippen molar-refractivity contribution in [1.29, 1.82) is 0 Å². The molecule has 0 radical (unpaired) electrons. The van der Waals surface area contributed by atoms with Crippen molar-refractivity contribution in [1.82, 2.24) is 29.0 Å². The van der Waals surface area contributed by atoms with E-state index in [1.165, 1.54) is 153 Å². The number of aryl methyl sites for hydroxylation is 8. The van der Waals surface area contributed by atoms with Gasteiger partial charge in [0.05, 0.1) is 45.6 Å². The fourth-order valence-electron chi connectivity index (χ4n) is 9.35. The van der Waals surface area contributed by atoms with Gasteiger partial charge in [-0.2, -0.15) is 9.44 Å². The Bertz CT molecular complexity index is 4310. The van der Waals surface area contributed by atoms with E-state index in [1.807, 2.05) is 0 Å². The number of amides is 4. The second-order valence-electron chi connectivity index (χ2n) is 27.1. The first kappa shape index (κ1) is 106. The van der Waals surface area contributed by atoms with Gasteiger partial charge in [-0.1, -0.05) is 71.8 Å². The van der Waals surface area contributed by atoms with Gasteiger partial charge in [0.2, 0.25) is 45.7 Å². The average Bonchev–Trinajstić information content (AvgIpc) is 0.791. The maximum absolute atomic E-state index is 13.9. The molecule has 8 rings (SSSR count). The quantitative estimate of drug-likeness (QED) is 0.0537. The number of nitrogens with zero attached hydrogens (tertiary/aromatic N) is 4. The van der Waals surface area contributed by atoms with E-state index >= 15 is 0 Å². The van der Waals surface area contributed by atoms with Gasteiger partial charge < -0.3 is 107 Å². The van der Waals surface area contributed by atoms with Gasteiger partial charge in [0, 0.05) is 89.8 Å². The van der Waals surface area contributed by atoms with E-state index in [1.54, 1.807) is 136 Å². The zero-order valence-electron chi connectivity index (χ0n) is 67.4. The van der Waals surface area contributed by atoms with Gasteiger partial charge in [-0.15, -0.1) is 0 Å². The number of rotatable bonds is 34. The Kier molecular flexibility index (Phi) is 45.2. The molecule has 32 nitrogen and oxygen atoms in total. The van der Waals surface area contributed by atoms with Crippen LogP contribution in [-0.2, 0) is 39.2 Å². The molecule has 118 heavy (non-hydrogen) atoms. The Labute approximate surface area is 747 Å². The Balaban J connectivity index is 0.000000943. The molecule has 0 unspecified atom stereocenters. The van der Waals surface area contributed by atoms with Crippen LogP contribution in [0.1, 0.15) is 107 Å². The number of aromatic carboxylic acids is 6. The summed E-state index contributed by atoms with van der Waals surface area (Å²) >= 11 is 0. The first-order chi connectivity index (χ1) is 54.3. The second-order valence-corrected chi connectivity index (χ2v) is 30.5. The fraction of sp³-hybridized carbons (Fsp3) is 0.293. The predicted octanol–water partition coefficient (Wildman–Crippen LogP) is 1.35. The maximum Gasteiger partial charge on any atom is 3.00 e. The van der Waals surface area contributed by atoms with Gasteiger partial charge in [0.25, 0.3) is 0 Å². The number of ether oxygens (including phenoxy) is 6. The third-order valence-corrected chi connectivity index (χ3v) is 18.6. The Hall–Kier alpha value is -10.3. The van der Waals surface area contributed by atoms with Crippen molar-refractivity contribution >= 4 is 81.5 Å². The molecule has 0 atom stereocenters. The second kappa shape index (κ2) is 50.4. The van der Waals surface area contributed by atoms with Crippen molar-refractivity contribution in [2.75, 3.05) is 96.0 Å². The van der Waals surface area contributed by atoms with E-state index in [9.17, 15) is 95.4 Å². The van der Waals surface area contributed by atoms with Crippen LogP contribution in [0.2, 0.25) is 0 Å². The van der Waals surface area contributed by atoms with Crippen LogP contribution in [0.15, 0.2) is 168 Å². The molecular weight excluding hydrogens is 1870 g/mol. The van der Waals surface area contributed by atoms with Gasteiger partial charge >= 0.3 is 77.2 Å². The molecule has 0 saturated carbocycles. The zero-order chi connectivity index (χ0) is 87.6. The molecule has 0 fully saturated rings. The van der Waals surface area contributed by atoms with Gasteiger partial charge in [-0.05, 0) is 186 Å². The molecule has 0 aliphatic heterocycles. The summed E-state index contributed by atoms with van der Waals surface area (Å²) in [5, 5.41) is 71.5. The van der Waals surface area contributed by atoms with Crippen LogP contribution in [0.4, 0.5) is 0 Å². The summed E-state index contributed by atoms with van der Waals surface area (Å²) in [5.74, 6) is -10.3. The van der Waals surface area contributed by atoms with Gasteiger partial charge in [-0.25, -0.2) is 16.8 Å². The van der Waals surface area contributed by atoms with Crippen LogP contribution in [0.3, 0.4) is 0 Å². The van der Waals surface area contributed by atoms with Gasteiger partial charge in [0.15, 0.2) is 0 Å². The molecule has 0 bridgehead atoms. The summed E-state index contributed by atoms with van der Waals surface area (Å²) in [6.07, 6.45) is 3.00. The van der Waals surface area contributed by atoms with Crippen molar-refractivity contribution in [2.24, 2.45) is 0 Å². The Morgan fingerprint density at radius 2 is 0.424 bits per heavy atom. The monoisotopic (exact) mass is 1960 g/mol. The smallest absolute Gasteiger partial charge is 0.545 e. The molecule has 0 heterocycles. The van der Waals surface area contributed by atoms with Crippen LogP contribution >= 0.6 is 0 Å². The van der Waals surface area contributed by atoms with E-state index in [-0.39, 0.29) is 155 Å². The normalized spacial score (nSPS) is 10.5. The molecule has 0 aromatic heterocycles. The van der Waals surface area contributed by atoms with E-state index < -0.39 is 107 Å². The molecule has 0 spiro atoms. The minimum Gasteiger partial charge on any atom is -0.545 e. The number of nitrogens with one attached hydrogen (secondary N) is 2.